The second-order valence-electron chi connectivity index (χ2n) is 9.31. The van der Waals surface area contributed by atoms with E-state index >= 15 is 0 Å². The van der Waals surface area contributed by atoms with Crippen LogP contribution in [0.3, 0.4) is 0 Å². The van der Waals surface area contributed by atoms with Gasteiger partial charge in [0.15, 0.2) is 0 Å². The summed E-state index contributed by atoms with van der Waals surface area (Å²) in [5.74, 6) is -0.0461. The van der Waals surface area contributed by atoms with Crippen molar-refractivity contribution in [3.63, 3.8) is 0 Å². The first-order valence-corrected chi connectivity index (χ1v) is 11.2. The molecule has 1 heterocycles. The van der Waals surface area contributed by atoms with Gasteiger partial charge in [0.25, 0.3) is 0 Å². The molecule has 0 unspecified atom stereocenters. The van der Waals surface area contributed by atoms with Crippen LogP contribution in [0, 0.1) is 0 Å². The molecule has 34 heavy (non-hydrogen) atoms. The predicted molar refractivity (Wildman–Crippen MR) is 127 cm³/mol. The molecule has 1 aliphatic carbocycles. The van der Waals surface area contributed by atoms with Gasteiger partial charge in [0.05, 0.1) is 18.3 Å². The molecule has 0 aliphatic heterocycles. The summed E-state index contributed by atoms with van der Waals surface area (Å²) in [5, 5.41) is 12.4. The third kappa shape index (κ3) is 5.28. The Morgan fingerprint density at radius 3 is 2.29 bits per heavy atom. The summed E-state index contributed by atoms with van der Waals surface area (Å²) >= 11 is 0. The van der Waals surface area contributed by atoms with Crippen LogP contribution in [0.15, 0.2) is 61.1 Å². The van der Waals surface area contributed by atoms with E-state index in [0.29, 0.717) is 5.69 Å². The molecule has 8 heteroatoms. The van der Waals surface area contributed by atoms with Crippen LogP contribution in [0.4, 0.5) is 9.59 Å². The van der Waals surface area contributed by atoms with Gasteiger partial charge >= 0.3 is 12.2 Å². The van der Waals surface area contributed by atoms with Gasteiger partial charge in [-0.1, -0.05) is 48.5 Å². The lowest BCUT2D eigenvalue weighted by Gasteiger charge is -2.19. The number of aromatic nitrogens is 2. The minimum Gasteiger partial charge on any atom is -0.449 e. The van der Waals surface area contributed by atoms with Crippen molar-refractivity contribution in [3.8, 4) is 11.1 Å². The summed E-state index contributed by atoms with van der Waals surface area (Å²) in [7, 11) is 0. The normalized spacial score (nSPS) is 13.6. The number of nitrogens with one attached hydrogen (secondary N) is 1. The molecule has 0 fully saturated rings. The molecular formula is C26H29N3O5. The third-order valence-electron chi connectivity index (χ3n) is 5.58. The van der Waals surface area contributed by atoms with E-state index in [1.54, 1.807) is 20.8 Å². The number of aliphatic hydroxyl groups is 1. The Morgan fingerprint density at radius 1 is 1.09 bits per heavy atom. The number of aliphatic hydroxyl groups excluding tert-OH is 1. The minimum absolute atomic E-state index is 0.0461. The number of fused-ring (bicyclic) bond motifs is 3. The Balaban J connectivity index is 1.35. The van der Waals surface area contributed by atoms with Crippen molar-refractivity contribution in [3.05, 3.63) is 77.9 Å². The summed E-state index contributed by atoms with van der Waals surface area (Å²) < 4.78 is 12.1. The maximum Gasteiger partial charge on any atom is 0.419 e. The van der Waals surface area contributed by atoms with Crippen LogP contribution in [0.2, 0.25) is 0 Å². The topological polar surface area (TPSA) is 103 Å². The molecule has 0 spiro atoms. The predicted octanol–water partition coefficient (Wildman–Crippen LogP) is 4.11. The van der Waals surface area contributed by atoms with E-state index in [2.05, 4.69) is 34.6 Å². The van der Waals surface area contributed by atoms with Gasteiger partial charge in [0, 0.05) is 18.5 Å². The zero-order valence-corrected chi connectivity index (χ0v) is 19.5. The summed E-state index contributed by atoms with van der Waals surface area (Å²) in [6.07, 6.45) is 1.95. The fraction of sp³-hybridized carbons (Fsp3) is 0.346. The highest BCUT2D eigenvalue weighted by molar-refractivity contribution is 5.79. The van der Waals surface area contributed by atoms with E-state index in [0.717, 1.165) is 22.3 Å². The van der Waals surface area contributed by atoms with Crippen molar-refractivity contribution in [2.75, 3.05) is 13.2 Å². The van der Waals surface area contributed by atoms with E-state index in [-0.39, 0.29) is 25.6 Å². The fourth-order valence-electron chi connectivity index (χ4n) is 4.10. The Bertz CT molecular complexity index is 1140. The highest BCUT2D eigenvalue weighted by Gasteiger charge is 2.29. The number of hydrogen-bond donors (Lipinski definition) is 2. The average Bonchev–Trinajstić information content (AvgIpc) is 3.39. The van der Waals surface area contributed by atoms with Gasteiger partial charge in [-0.3, -0.25) is 0 Å². The molecule has 1 aliphatic rings. The number of imidazole rings is 1. The Kier molecular flexibility index (Phi) is 6.70. The summed E-state index contributed by atoms with van der Waals surface area (Å²) in [4.78, 5) is 28.8. The summed E-state index contributed by atoms with van der Waals surface area (Å²) in [6.45, 7) is 5.23. The van der Waals surface area contributed by atoms with Gasteiger partial charge in [-0.2, -0.15) is 0 Å². The highest BCUT2D eigenvalue weighted by Crippen LogP contribution is 2.44. The Labute approximate surface area is 198 Å². The first kappa shape index (κ1) is 23.5. The molecule has 0 radical (unpaired) electrons. The van der Waals surface area contributed by atoms with Gasteiger partial charge in [-0.25, -0.2) is 19.1 Å². The number of nitrogens with zero attached hydrogens (tertiary/aromatic N) is 2. The van der Waals surface area contributed by atoms with Gasteiger partial charge < -0.3 is 19.9 Å². The fourth-order valence-corrected chi connectivity index (χ4v) is 4.10. The standard InChI is InChI=1S/C26H29N3O5/c1-26(2,3)34-25(32)29-13-17(27-16-29)12-18(14-30)28-24(31)33-15-23-21-10-6-4-8-19(21)20-9-5-7-11-22(20)23/h4-11,13,16,18,23,30H,12,14-15H2,1-3H3,(H,28,31)/t18-/m0/s1. The lowest BCUT2D eigenvalue weighted by atomic mass is 9.98. The molecule has 2 N–H and O–H groups in total. The van der Waals surface area contributed by atoms with Crippen LogP contribution in [0.1, 0.15) is 43.5 Å². The molecule has 4 rings (SSSR count). The van der Waals surface area contributed by atoms with Gasteiger partial charge in [0.2, 0.25) is 0 Å². The van der Waals surface area contributed by atoms with E-state index in [1.807, 2.05) is 24.3 Å². The summed E-state index contributed by atoms with van der Waals surface area (Å²) in [6, 6.07) is 15.6. The van der Waals surface area contributed by atoms with Gasteiger partial charge in [-0.05, 0) is 43.0 Å². The maximum absolute atomic E-state index is 12.5. The Morgan fingerprint density at radius 2 is 1.71 bits per heavy atom. The molecule has 0 saturated carbocycles. The first-order valence-electron chi connectivity index (χ1n) is 11.2. The monoisotopic (exact) mass is 463 g/mol. The number of ether oxygens (including phenoxy) is 2. The summed E-state index contributed by atoms with van der Waals surface area (Å²) in [5.41, 5.74) is 4.47. The molecule has 1 atom stereocenters. The molecule has 0 saturated heterocycles. The van der Waals surface area contributed by atoms with Crippen molar-refractivity contribution < 1.29 is 24.2 Å². The van der Waals surface area contributed by atoms with Gasteiger partial charge in [0.1, 0.15) is 18.5 Å². The van der Waals surface area contributed by atoms with Crippen molar-refractivity contribution in [2.45, 2.75) is 44.8 Å². The third-order valence-corrected chi connectivity index (χ3v) is 5.58. The molecule has 178 valence electrons. The van der Waals surface area contributed by atoms with Crippen LogP contribution in [-0.2, 0) is 15.9 Å². The second-order valence-corrected chi connectivity index (χ2v) is 9.31. The van der Waals surface area contributed by atoms with Crippen molar-refractivity contribution in [2.24, 2.45) is 0 Å². The Hall–Kier alpha value is -3.65. The number of rotatable bonds is 6. The van der Waals surface area contributed by atoms with Crippen molar-refractivity contribution in [1.82, 2.24) is 14.9 Å². The minimum atomic E-state index is -0.624. The molecule has 1 aromatic heterocycles. The number of hydrogen-bond acceptors (Lipinski definition) is 6. The quantitative estimate of drug-likeness (QED) is 0.570. The lowest BCUT2D eigenvalue weighted by Crippen LogP contribution is -2.40. The maximum atomic E-state index is 12.5. The van der Waals surface area contributed by atoms with E-state index < -0.39 is 23.8 Å². The number of carbonyl (C=O) groups excluding carboxylic acids is 2. The van der Waals surface area contributed by atoms with Gasteiger partial charge in [-0.15, -0.1) is 0 Å². The number of carbonyl (C=O) groups is 2. The largest absolute Gasteiger partial charge is 0.449 e. The zero-order valence-electron chi connectivity index (χ0n) is 19.5. The van der Waals surface area contributed by atoms with Crippen LogP contribution in [0.5, 0.6) is 0 Å². The molecule has 8 nitrogen and oxygen atoms in total. The van der Waals surface area contributed by atoms with Crippen LogP contribution >= 0.6 is 0 Å². The molecule has 3 aromatic rings. The molecule has 1 amide bonds. The SMILES string of the molecule is CC(C)(C)OC(=O)n1cnc(C[C@@H](CO)NC(=O)OCC2c3ccccc3-c3ccccc32)c1. The average molecular weight is 464 g/mol. The number of alkyl carbamates (subject to hydrolysis) is 1. The first-order chi connectivity index (χ1) is 16.2. The molecular weight excluding hydrogens is 434 g/mol. The van der Waals surface area contributed by atoms with Crippen molar-refractivity contribution >= 4 is 12.2 Å². The molecule has 2 aromatic carbocycles. The van der Waals surface area contributed by atoms with E-state index in [4.69, 9.17) is 9.47 Å². The number of benzene rings is 2. The van der Waals surface area contributed by atoms with Crippen molar-refractivity contribution in [1.29, 1.82) is 0 Å². The van der Waals surface area contributed by atoms with Crippen LogP contribution in [-0.4, -0.2) is 51.7 Å². The van der Waals surface area contributed by atoms with Crippen LogP contribution < -0.4 is 5.32 Å². The van der Waals surface area contributed by atoms with E-state index in [9.17, 15) is 14.7 Å². The number of amides is 1. The zero-order chi connectivity index (χ0) is 24.3. The lowest BCUT2D eigenvalue weighted by molar-refractivity contribution is 0.0536. The van der Waals surface area contributed by atoms with Crippen LogP contribution in [0.25, 0.3) is 11.1 Å². The molecule has 0 bridgehead atoms. The van der Waals surface area contributed by atoms with E-state index in [1.165, 1.54) is 17.1 Å². The highest BCUT2D eigenvalue weighted by atomic mass is 16.6. The smallest absolute Gasteiger partial charge is 0.419 e. The second kappa shape index (κ2) is 9.69.